The van der Waals surface area contributed by atoms with E-state index in [0.717, 1.165) is 37.8 Å². The zero-order valence-electron chi connectivity index (χ0n) is 22.0. The molecule has 1 aliphatic carbocycles. The SMILES string of the molecule is CN(C)c1cc(F)ccc1CC1CCC(CNC(=O)COC2CCN(S(=O)(=O)c3ccc(Cl)cc3)C2)CC1. The van der Waals surface area contributed by atoms with Crippen molar-refractivity contribution < 1.29 is 22.3 Å². The van der Waals surface area contributed by atoms with Crippen LogP contribution in [0.1, 0.15) is 37.7 Å². The quantitative estimate of drug-likeness (QED) is 0.459. The van der Waals surface area contributed by atoms with Crippen LogP contribution in [0, 0.1) is 17.7 Å². The molecule has 10 heteroatoms. The van der Waals surface area contributed by atoms with E-state index in [0.29, 0.717) is 36.4 Å². The van der Waals surface area contributed by atoms with Crippen molar-refractivity contribution in [2.24, 2.45) is 11.8 Å². The summed E-state index contributed by atoms with van der Waals surface area (Å²) in [5, 5.41) is 3.47. The highest BCUT2D eigenvalue weighted by atomic mass is 35.5. The van der Waals surface area contributed by atoms with Crippen molar-refractivity contribution in [2.75, 3.05) is 45.2 Å². The van der Waals surface area contributed by atoms with Crippen LogP contribution in [0.25, 0.3) is 0 Å². The number of carbonyl (C=O) groups is 1. The average Bonchev–Trinajstić information content (AvgIpc) is 3.38. The molecular formula is C28H37ClFN3O4S. The topological polar surface area (TPSA) is 79.0 Å². The highest BCUT2D eigenvalue weighted by Crippen LogP contribution is 2.33. The molecule has 1 N–H and O–H groups in total. The number of rotatable bonds is 10. The summed E-state index contributed by atoms with van der Waals surface area (Å²) in [6, 6.07) is 11.1. The molecule has 208 valence electrons. The Morgan fingerprint density at radius 3 is 2.45 bits per heavy atom. The molecular weight excluding hydrogens is 529 g/mol. The predicted molar refractivity (Wildman–Crippen MR) is 147 cm³/mol. The van der Waals surface area contributed by atoms with Crippen LogP contribution in [0.15, 0.2) is 47.4 Å². The largest absolute Gasteiger partial charge is 0.377 e. The van der Waals surface area contributed by atoms with Gasteiger partial charge in [0.05, 0.1) is 11.0 Å². The summed E-state index contributed by atoms with van der Waals surface area (Å²) < 4.78 is 46.4. The van der Waals surface area contributed by atoms with E-state index < -0.39 is 10.0 Å². The lowest BCUT2D eigenvalue weighted by atomic mass is 9.79. The minimum absolute atomic E-state index is 0.0767. The zero-order chi connectivity index (χ0) is 27.3. The summed E-state index contributed by atoms with van der Waals surface area (Å²) >= 11 is 5.87. The number of carbonyl (C=O) groups excluding carboxylic acids is 1. The van der Waals surface area contributed by atoms with Crippen molar-refractivity contribution in [2.45, 2.75) is 49.5 Å². The summed E-state index contributed by atoms with van der Waals surface area (Å²) in [4.78, 5) is 14.6. The van der Waals surface area contributed by atoms with Gasteiger partial charge < -0.3 is 15.0 Å². The molecule has 1 amide bonds. The lowest BCUT2D eigenvalue weighted by Gasteiger charge is -2.30. The minimum atomic E-state index is -3.61. The van der Waals surface area contributed by atoms with Gasteiger partial charge in [0, 0.05) is 44.4 Å². The summed E-state index contributed by atoms with van der Waals surface area (Å²) in [5.74, 6) is 0.606. The van der Waals surface area contributed by atoms with E-state index >= 15 is 0 Å². The van der Waals surface area contributed by atoms with Gasteiger partial charge in [0.2, 0.25) is 15.9 Å². The molecule has 4 rings (SSSR count). The fraction of sp³-hybridized carbons (Fsp3) is 0.536. The van der Waals surface area contributed by atoms with Gasteiger partial charge >= 0.3 is 0 Å². The number of nitrogens with one attached hydrogen (secondary N) is 1. The first kappa shape index (κ1) is 28.8. The van der Waals surface area contributed by atoms with Gasteiger partial charge in [-0.1, -0.05) is 17.7 Å². The number of amides is 1. The predicted octanol–water partition coefficient (Wildman–Crippen LogP) is 4.49. The Bertz CT molecular complexity index is 1200. The first-order valence-corrected chi connectivity index (χ1v) is 15.0. The number of hydrogen-bond acceptors (Lipinski definition) is 5. The zero-order valence-corrected chi connectivity index (χ0v) is 23.6. The monoisotopic (exact) mass is 565 g/mol. The van der Waals surface area contributed by atoms with E-state index in [9.17, 15) is 17.6 Å². The molecule has 1 saturated heterocycles. The molecule has 0 spiro atoms. The summed E-state index contributed by atoms with van der Waals surface area (Å²) in [6.07, 6.45) is 5.44. The second-order valence-electron chi connectivity index (χ2n) is 10.6. The van der Waals surface area contributed by atoms with E-state index in [1.165, 1.54) is 28.1 Å². The normalized spacial score (nSPS) is 22.4. The van der Waals surface area contributed by atoms with Gasteiger partial charge in [0.25, 0.3) is 0 Å². The van der Waals surface area contributed by atoms with Crippen molar-refractivity contribution in [3.8, 4) is 0 Å². The lowest BCUT2D eigenvalue weighted by molar-refractivity contribution is -0.127. The highest BCUT2D eigenvalue weighted by molar-refractivity contribution is 7.89. The van der Waals surface area contributed by atoms with Crippen LogP contribution in [-0.2, 0) is 26.0 Å². The van der Waals surface area contributed by atoms with Gasteiger partial charge in [-0.05, 0) is 92.3 Å². The first-order valence-electron chi connectivity index (χ1n) is 13.2. The van der Waals surface area contributed by atoms with Crippen LogP contribution in [0.5, 0.6) is 0 Å². The van der Waals surface area contributed by atoms with Crippen molar-refractivity contribution >= 4 is 33.2 Å². The van der Waals surface area contributed by atoms with E-state index in [1.807, 2.05) is 25.1 Å². The Morgan fingerprint density at radius 1 is 1.08 bits per heavy atom. The molecule has 2 aromatic rings. The molecule has 0 bridgehead atoms. The minimum Gasteiger partial charge on any atom is -0.377 e. The second-order valence-corrected chi connectivity index (χ2v) is 13.0. The molecule has 2 fully saturated rings. The van der Waals surface area contributed by atoms with Gasteiger partial charge in [0.15, 0.2) is 0 Å². The number of benzene rings is 2. The van der Waals surface area contributed by atoms with E-state index in [4.69, 9.17) is 16.3 Å². The van der Waals surface area contributed by atoms with E-state index in [-0.39, 0.29) is 35.9 Å². The molecule has 2 aliphatic rings. The highest BCUT2D eigenvalue weighted by Gasteiger charge is 2.33. The first-order chi connectivity index (χ1) is 18.1. The Hall–Kier alpha value is -2.20. The molecule has 0 radical (unpaired) electrons. The summed E-state index contributed by atoms with van der Waals surface area (Å²) in [6.45, 7) is 1.13. The van der Waals surface area contributed by atoms with Gasteiger partial charge in [0.1, 0.15) is 12.4 Å². The third kappa shape index (κ3) is 7.46. The Morgan fingerprint density at radius 2 is 1.76 bits per heavy atom. The second kappa shape index (κ2) is 12.8. The summed E-state index contributed by atoms with van der Waals surface area (Å²) in [7, 11) is 0.266. The Balaban J connectivity index is 1.15. The van der Waals surface area contributed by atoms with Crippen LogP contribution >= 0.6 is 11.6 Å². The Labute approximate surface area is 230 Å². The maximum absolute atomic E-state index is 13.7. The maximum Gasteiger partial charge on any atom is 0.246 e. The van der Waals surface area contributed by atoms with E-state index in [2.05, 4.69) is 5.32 Å². The smallest absolute Gasteiger partial charge is 0.246 e. The fourth-order valence-electron chi connectivity index (χ4n) is 5.39. The van der Waals surface area contributed by atoms with Gasteiger partial charge in [-0.25, -0.2) is 12.8 Å². The van der Waals surface area contributed by atoms with Crippen LogP contribution < -0.4 is 10.2 Å². The van der Waals surface area contributed by atoms with Crippen LogP contribution in [0.3, 0.4) is 0 Å². The molecule has 1 atom stereocenters. The van der Waals surface area contributed by atoms with Crippen LogP contribution in [0.2, 0.25) is 5.02 Å². The summed E-state index contributed by atoms with van der Waals surface area (Å²) in [5.41, 5.74) is 2.11. The molecule has 1 heterocycles. The van der Waals surface area contributed by atoms with Crippen molar-refractivity contribution in [3.05, 3.63) is 58.9 Å². The average molecular weight is 566 g/mol. The van der Waals surface area contributed by atoms with E-state index in [1.54, 1.807) is 18.2 Å². The standard InChI is InChI=1S/C28H37ClFN3O4S/c1-32(2)27-16-24(30)10-7-22(27)15-20-3-5-21(6-4-20)17-31-28(34)19-37-25-13-14-33(18-25)38(35,36)26-11-8-23(29)9-12-26/h7-12,16,20-21,25H,3-6,13-15,17-19H2,1-2H3,(H,31,34). The van der Waals surface area contributed by atoms with Crippen molar-refractivity contribution in [1.29, 1.82) is 0 Å². The molecule has 38 heavy (non-hydrogen) atoms. The third-order valence-electron chi connectivity index (χ3n) is 7.60. The van der Waals surface area contributed by atoms with Crippen molar-refractivity contribution in [3.63, 3.8) is 0 Å². The fourth-order valence-corrected chi connectivity index (χ4v) is 7.00. The third-order valence-corrected chi connectivity index (χ3v) is 9.73. The number of sulfonamides is 1. The van der Waals surface area contributed by atoms with Crippen molar-refractivity contribution in [1.82, 2.24) is 9.62 Å². The number of anilines is 1. The Kier molecular flexibility index (Phi) is 9.68. The molecule has 7 nitrogen and oxygen atoms in total. The molecule has 1 aliphatic heterocycles. The van der Waals surface area contributed by atoms with Gasteiger partial charge in [-0.2, -0.15) is 4.31 Å². The number of nitrogens with zero attached hydrogens (tertiary/aromatic N) is 2. The lowest BCUT2D eigenvalue weighted by Crippen LogP contribution is -2.35. The number of hydrogen-bond donors (Lipinski definition) is 1. The molecule has 1 saturated carbocycles. The van der Waals surface area contributed by atoms with Gasteiger partial charge in [-0.15, -0.1) is 0 Å². The molecule has 1 unspecified atom stereocenters. The molecule has 0 aromatic heterocycles. The maximum atomic E-state index is 13.7. The number of halogens is 2. The van der Waals surface area contributed by atoms with Crippen LogP contribution in [-0.4, -0.2) is 65.1 Å². The van der Waals surface area contributed by atoms with Crippen LogP contribution in [0.4, 0.5) is 10.1 Å². The van der Waals surface area contributed by atoms with Gasteiger partial charge in [-0.3, -0.25) is 4.79 Å². The molecule has 2 aromatic carbocycles. The number of ether oxygens (including phenoxy) is 1.